The van der Waals surface area contributed by atoms with Gasteiger partial charge in [0.25, 0.3) is 0 Å². The summed E-state index contributed by atoms with van der Waals surface area (Å²) in [4.78, 5) is 76.9. The average Bonchev–Trinajstić information content (AvgIpc) is 2.99. The summed E-state index contributed by atoms with van der Waals surface area (Å²) in [6.07, 6.45) is -4.44. The molecular formula is C30H40O11. The zero-order chi connectivity index (χ0) is 30.8. The van der Waals surface area contributed by atoms with E-state index in [2.05, 4.69) is 6.58 Å². The number of hydrogen-bond donors (Lipinski definition) is 0. The summed E-state index contributed by atoms with van der Waals surface area (Å²) in [5, 5.41) is 0. The van der Waals surface area contributed by atoms with Gasteiger partial charge in [0, 0.05) is 63.7 Å². The predicted octanol–water partition coefficient (Wildman–Crippen LogP) is 2.86. The molecule has 11 heteroatoms. The molecule has 11 nitrogen and oxygen atoms in total. The lowest BCUT2D eigenvalue weighted by Gasteiger charge is -2.69. The van der Waals surface area contributed by atoms with Crippen molar-refractivity contribution in [1.82, 2.24) is 0 Å². The van der Waals surface area contributed by atoms with Crippen LogP contribution in [-0.2, 0) is 52.5 Å². The molecule has 4 saturated carbocycles. The Kier molecular flexibility index (Phi) is 7.67. The SMILES string of the molecule is C=C1C(=O)[C@]23C[C@H]1CC(OC(C)=O)[C@H]2[C@]1(C)C(OC(C)=O)CC(OC(C)=O)C(C)(C)[C@H]1C(OC(C)=O)C3OC(C)=O. The van der Waals surface area contributed by atoms with Crippen LogP contribution in [-0.4, -0.2) is 66.1 Å². The first-order valence-electron chi connectivity index (χ1n) is 14.0. The Hall–Kier alpha value is -3.24. The van der Waals surface area contributed by atoms with Crippen LogP contribution < -0.4 is 0 Å². The molecule has 2 bridgehead atoms. The first-order chi connectivity index (χ1) is 18.9. The second-order valence-corrected chi connectivity index (χ2v) is 12.9. The molecule has 0 amide bonds. The largest absolute Gasteiger partial charge is 0.462 e. The third kappa shape index (κ3) is 4.65. The third-order valence-corrected chi connectivity index (χ3v) is 9.99. The number of esters is 5. The minimum Gasteiger partial charge on any atom is -0.462 e. The number of hydrogen-bond acceptors (Lipinski definition) is 11. The van der Waals surface area contributed by atoms with Crippen LogP contribution in [0.15, 0.2) is 12.2 Å². The van der Waals surface area contributed by atoms with Gasteiger partial charge in [-0.05, 0) is 24.3 Å². The molecule has 0 heterocycles. The third-order valence-electron chi connectivity index (χ3n) is 9.99. The molecule has 5 unspecified atom stereocenters. The van der Waals surface area contributed by atoms with Crippen molar-refractivity contribution in [2.45, 2.75) is 105 Å². The first kappa shape index (κ1) is 30.7. The second kappa shape index (κ2) is 10.2. The van der Waals surface area contributed by atoms with E-state index in [4.69, 9.17) is 23.7 Å². The highest BCUT2D eigenvalue weighted by molar-refractivity contribution is 6.04. The molecule has 10 atom stereocenters. The summed E-state index contributed by atoms with van der Waals surface area (Å²) in [7, 11) is 0. The van der Waals surface area contributed by atoms with E-state index in [0.717, 1.165) is 0 Å². The number of rotatable bonds is 5. The molecule has 0 radical (unpaired) electrons. The fourth-order valence-corrected chi connectivity index (χ4v) is 9.10. The molecule has 4 fully saturated rings. The number of carbonyl (C=O) groups excluding carboxylic acids is 6. The minimum absolute atomic E-state index is 0.0854. The van der Waals surface area contributed by atoms with E-state index in [-0.39, 0.29) is 24.5 Å². The molecule has 0 aromatic heterocycles. The summed E-state index contributed by atoms with van der Waals surface area (Å²) < 4.78 is 29.6. The van der Waals surface area contributed by atoms with Gasteiger partial charge in [-0.2, -0.15) is 0 Å². The number of Topliss-reactive ketones (excluding diaryl/α,β-unsaturated/α-hetero) is 1. The highest BCUT2D eigenvalue weighted by Crippen LogP contribution is 2.73. The van der Waals surface area contributed by atoms with Gasteiger partial charge in [0.2, 0.25) is 0 Å². The maximum atomic E-state index is 14.4. The lowest BCUT2D eigenvalue weighted by molar-refractivity contribution is -0.310. The van der Waals surface area contributed by atoms with Crippen LogP contribution in [0, 0.1) is 34.0 Å². The van der Waals surface area contributed by atoms with Gasteiger partial charge in [0.05, 0.1) is 5.41 Å². The summed E-state index contributed by atoms with van der Waals surface area (Å²) in [6.45, 7) is 15.8. The Morgan fingerprint density at radius 1 is 0.707 bits per heavy atom. The fraction of sp³-hybridized carbons (Fsp3) is 0.733. The van der Waals surface area contributed by atoms with Crippen molar-refractivity contribution in [2.75, 3.05) is 0 Å². The number of fused-ring (bicyclic) bond motifs is 3. The van der Waals surface area contributed by atoms with Gasteiger partial charge in [-0.1, -0.05) is 27.4 Å². The monoisotopic (exact) mass is 576 g/mol. The average molecular weight is 577 g/mol. The number of carbonyl (C=O) groups is 6. The molecule has 0 aromatic rings. The maximum absolute atomic E-state index is 14.4. The van der Waals surface area contributed by atoms with Gasteiger partial charge in [-0.3, -0.25) is 28.8 Å². The van der Waals surface area contributed by atoms with E-state index in [1.807, 2.05) is 20.8 Å². The van der Waals surface area contributed by atoms with Gasteiger partial charge in [0.15, 0.2) is 11.9 Å². The topological polar surface area (TPSA) is 149 Å². The molecule has 41 heavy (non-hydrogen) atoms. The molecule has 0 aromatic carbocycles. The molecule has 4 aliphatic carbocycles. The number of ether oxygens (including phenoxy) is 5. The van der Waals surface area contributed by atoms with Gasteiger partial charge in [-0.15, -0.1) is 0 Å². The molecule has 0 N–H and O–H groups in total. The normalized spacial score (nSPS) is 40.4. The van der Waals surface area contributed by atoms with E-state index < -0.39 is 88.4 Å². The Labute approximate surface area is 239 Å². The van der Waals surface area contributed by atoms with Crippen LogP contribution in [0.25, 0.3) is 0 Å². The Bertz CT molecular complexity index is 1200. The van der Waals surface area contributed by atoms with Crippen molar-refractivity contribution in [3.63, 3.8) is 0 Å². The maximum Gasteiger partial charge on any atom is 0.303 e. The molecule has 226 valence electrons. The van der Waals surface area contributed by atoms with Crippen LogP contribution in [0.3, 0.4) is 0 Å². The van der Waals surface area contributed by atoms with Crippen molar-refractivity contribution < 1.29 is 52.5 Å². The molecular weight excluding hydrogens is 536 g/mol. The van der Waals surface area contributed by atoms with Crippen molar-refractivity contribution >= 4 is 35.6 Å². The van der Waals surface area contributed by atoms with E-state index in [0.29, 0.717) is 12.0 Å². The van der Waals surface area contributed by atoms with E-state index in [1.54, 1.807) is 0 Å². The molecule has 4 rings (SSSR count). The summed E-state index contributed by atoms with van der Waals surface area (Å²) in [6, 6.07) is 0. The van der Waals surface area contributed by atoms with Crippen LogP contribution >= 0.6 is 0 Å². The molecule has 4 aliphatic rings. The molecule has 0 saturated heterocycles. The van der Waals surface area contributed by atoms with Crippen LogP contribution in [0.2, 0.25) is 0 Å². The van der Waals surface area contributed by atoms with Gasteiger partial charge in [-0.25, -0.2) is 0 Å². The molecule has 1 spiro atoms. The fourth-order valence-electron chi connectivity index (χ4n) is 9.10. The van der Waals surface area contributed by atoms with Gasteiger partial charge < -0.3 is 23.7 Å². The highest BCUT2D eigenvalue weighted by Gasteiger charge is 2.80. The van der Waals surface area contributed by atoms with Crippen molar-refractivity contribution in [3.8, 4) is 0 Å². The lowest BCUT2D eigenvalue weighted by atomic mass is 9.37. The Balaban J connectivity index is 2.10. The summed E-state index contributed by atoms with van der Waals surface area (Å²) in [5.74, 6) is -5.43. The van der Waals surface area contributed by atoms with Gasteiger partial charge in [0.1, 0.15) is 24.4 Å². The summed E-state index contributed by atoms with van der Waals surface area (Å²) in [5.41, 5.74) is -3.32. The standard InChI is InChI=1S/C30H40O11/c1-13-19-10-20(37-14(2)31)24-29(9)22(39-16(4)33)11-21(38-15(3)32)28(7,8)25(29)23(40-17(5)34)27(41-18(6)35)30(24,12-19)26(13)36/h19-25,27H,1,10-12H2,2-9H3/t19-,20?,21?,22?,23?,24+,25-,27?,29+,30+/m1/s1. The van der Waals surface area contributed by atoms with Crippen molar-refractivity contribution in [3.05, 3.63) is 12.2 Å². The predicted molar refractivity (Wildman–Crippen MR) is 141 cm³/mol. The minimum atomic E-state index is -1.49. The second-order valence-electron chi connectivity index (χ2n) is 12.9. The van der Waals surface area contributed by atoms with E-state index in [1.165, 1.54) is 34.6 Å². The Morgan fingerprint density at radius 2 is 1.22 bits per heavy atom. The summed E-state index contributed by atoms with van der Waals surface area (Å²) >= 11 is 0. The number of allylic oxidation sites excluding steroid dienone is 1. The smallest absolute Gasteiger partial charge is 0.303 e. The van der Waals surface area contributed by atoms with E-state index >= 15 is 0 Å². The quantitative estimate of drug-likeness (QED) is 0.270. The Morgan fingerprint density at radius 3 is 1.73 bits per heavy atom. The lowest BCUT2D eigenvalue weighted by Crippen LogP contribution is -2.77. The van der Waals surface area contributed by atoms with Crippen molar-refractivity contribution in [1.29, 1.82) is 0 Å². The molecule has 0 aliphatic heterocycles. The zero-order valence-electron chi connectivity index (χ0n) is 24.9. The highest BCUT2D eigenvalue weighted by atomic mass is 16.6. The van der Waals surface area contributed by atoms with E-state index in [9.17, 15) is 28.8 Å². The number of ketones is 1. The van der Waals surface area contributed by atoms with Crippen LogP contribution in [0.4, 0.5) is 0 Å². The van der Waals surface area contributed by atoms with Crippen LogP contribution in [0.5, 0.6) is 0 Å². The van der Waals surface area contributed by atoms with Gasteiger partial charge >= 0.3 is 29.8 Å². The van der Waals surface area contributed by atoms with Crippen molar-refractivity contribution in [2.24, 2.45) is 34.0 Å². The van der Waals surface area contributed by atoms with Crippen LogP contribution in [0.1, 0.15) is 74.7 Å². The first-order valence-corrected chi connectivity index (χ1v) is 14.0. The zero-order valence-corrected chi connectivity index (χ0v) is 24.9.